The molecular formula is C13H28N2OS. The molecule has 2 N–H and O–H groups in total. The third kappa shape index (κ3) is 13.7. The first kappa shape index (κ1) is 16.8. The van der Waals surface area contributed by atoms with Gasteiger partial charge in [-0.2, -0.15) is 11.8 Å². The standard InChI is InChI=1S/C13H28N2OS/c1-12(2)14-10-8-13(16)15-9-6-4-5-7-11-17-3/h12,14H,4-11H2,1-3H3,(H,15,16). The predicted octanol–water partition coefficient (Wildman–Crippen LogP) is 2.41. The summed E-state index contributed by atoms with van der Waals surface area (Å²) < 4.78 is 0. The SMILES string of the molecule is CSCCCCCCNC(=O)CCNC(C)C. The van der Waals surface area contributed by atoms with Crippen molar-refractivity contribution in [2.24, 2.45) is 0 Å². The van der Waals surface area contributed by atoms with E-state index in [1.807, 2.05) is 11.8 Å². The van der Waals surface area contributed by atoms with Crippen LogP contribution in [0.15, 0.2) is 0 Å². The molecule has 102 valence electrons. The number of rotatable bonds is 11. The Bertz CT molecular complexity index is 186. The second-order valence-corrected chi connectivity index (χ2v) is 5.60. The maximum Gasteiger partial charge on any atom is 0.221 e. The summed E-state index contributed by atoms with van der Waals surface area (Å²) in [7, 11) is 0. The first-order chi connectivity index (χ1) is 8.16. The first-order valence-corrected chi connectivity index (χ1v) is 8.05. The number of amides is 1. The van der Waals surface area contributed by atoms with Crippen molar-refractivity contribution in [2.75, 3.05) is 25.1 Å². The van der Waals surface area contributed by atoms with Crippen molar-refractivity contribution in [3.63, 3.8) is 0 Å². The number of unbranched alkanes of at least 4 members (excludes halogenated alkanes) is 3. The normalized spacial score (nSPS) is 10.8. The highest BCUT2D eigenvalue weighted by Crippen LogP contribution is 2.03. The highest BCUT2D eigenvalue weighted by molar-refractivity contribution is 7.98. The number of carbonyl (C=O) groups is 1. The summed E-state index contributed by atoms with van der Waals surface area (Å²) >= 11 is 1.90. The van der Waals surface area contributed by atoms with Gasteiger partial charge < -0.3 is 10.6 Å². The Balaban J connectivity index is 3.16. The average molecular weight is 260 g/mol. The summed E-state index contributed by atoms with van der Waals surface area (Å²) in [6.45, 7) is 5.79. The Hall–Kier alpha value is -0.220. The van der Waals surface area contributed by atoms with Gasteiger partial charge in [-0.1, -0.05) is 26.7 Å². The second-order valence-electron chi connectivity index (χ2n) is 4.62. The maximum atomic E-state index is 11.4. The summed E-state index contributed by atoms with van der Waals surface area (Å²) in [6.07, 6.45) is 7.65. The van der Waals surface area contributed by atoms with E-state index >= 15 is 0 Å². The molecule has 3 nitrogen and oxygen atoms in total. The van der Waals surface area contributed by atoms with Gasteiger partial charge >= 0.3 is 0 Å². The molecule has 0 radical (unpaired) electrons. The molecular weight excluding hydrogens is 232 g/mol. The lowest BCUT2D eigenvalue weighted by atomic mass is 10.2. The second kappa shape index (κ2) is 12.2. The molecule has 0 bridgehead atoms. The van der Waals surface area contributed by atoms with Gasteiger partial charge in [0.2, 0.25) is 5.91 Å². The largest absolute Gasteiger partial charge is 0.356 e. The zero-order chi connectivity index (χ0) is 12.9. The van der Waals surface area contributed by atoms with Gasteiger partial charge in [0.15, 0.2) is 0 Å². The van der Waals surface area contributed by atoms with Crippen LogP contribution in [0.2, 0.25) is 0 Å². The van der Waals surface area contributed by atoms with Crippen LogP contribution in [-0.4, -0.2) is 37.0 Å². The lowest BCUT2D eigenvalue weighted by Crippen LogP contribution is -2.31. The minimum atomic E-state index is 0.169. The highest BCUT2D eigenvalue weighted by atomic mass is 32.2. The molecule has 0 aromatic carbocycles. The molecule has 0 aliphatic heterocycles. The summed E-state index contributed by atoms with van der Waals surface area (Å²) in [5.74, 6) is 1.43. The van der Waals surface area contributed by atoms with E-state index in [1.54, 1.807) is 0 Å². The number of nitrogens with one attached hydrogen (secondary N) is 2. The molecule has 0 aromatic rings. The Morgan fingerprint density at radius 1 is 1.12 bits per heavy atom. The van der Waals surface area contributed by atoms with Gasteiger partial charge in [0.1, 0.15) is 0 Å². The van der Waals surface area contributed by atoms with E-state index < -0.39 is 0 Å². The van der Waals surface area contributed by atoms with Gasteiger partial charge in [-0.25, -0.2) is 0 Å². The molecule has 0 saturated heterocycles. The Labute approximate surface area is 111 Å². The Morgan fingerprint density at radius 2 is 1.82 bits per heavy atom. The third-order valence-corrected chi connectivity index (χ3v) is 3.20. The molecule has 0 aromatic heterocycles. The van der Waals surface area contributed by atoms with Crippen LogP contribution in [0.25, 0.3) is 0 Å². The van der Waals surface area contributed by atoms with Gasteiger partial charge in [-0.3, -0.25) is 4.79 Å². The van der Waals surface area contributed by atoms with Gasteiger partial charge in [0.25, 0.3) is 0 Å². The van der Waals surface area contributed by atoms with E-state index in [0.29, 0.717) is 12.5 Å². The lowest BCUT2D eigenvalue weighted by molar-refractivity contribution is -0.121. The molecule has 0 aliphatic carbocycles. The van der Waals surface area contributed by atoms with E-state index in [4.69, 9.17) is 0 Å². The van der Waals surface area contributed by atoms with E-state index in [-0.39, 0.29) is 5.91 Å². The minimum Gasteiger partial charge on any atom is -0.356 e. The van der Waals surface area contributed by atoms with Gasteiger partial charge in [0.05, 0.1) is 0 Å². The fourth-order valence-electron chi connectivity index (χ4n) is 1.52. The molecule has 0 saturated carbocycles. The van der Waals surface area contributed by atoms with Crippen LogP contribution in [0, 0.1) is 0 Å². The van der Waals surface area contributed by atoms with E-state index in [1.165, 1.54) is 25.0 Å². The smallest absolute Gasteiger partial charge is 0.221 e. The molecule has 0 spiro atoms. The van der Waals surface area contributed by atoms with Crippen LogP contribution in [0.3, 0.4) is 0 Å². The summed E-state index contributed by atoms with van der Waals surface area (Å²) in [5, 5.41) is 6.20. The Kier molecular flexibility index (Phi) is 12.1. The molecule has 0 rings (SSSR count). The van der Waals surface area contributed by atoms with Gasteiger partial charge in [-0.15, -0.1) is 0 Å². The zero-order valence-electron chi connectivity index (χ0n) is 11.6. The summed E-state index contributed by atoms with van der Waals surface area (Å²) in [4.78, 5) is 11.4. The van der Waals surface area contributed by atoms with Crippen molar-refractivity contribution in [1.29, 1.82) is 0 Å². The van der Waals surface area contributed by atoms with Crippen LogP contribution >= 0.6 is 11.8 Å². The molecule has 4 heteroatoms. The first-order valence-electron chi connectivity index (χ1n) is 6.66. The topological polar surface area (TPSA) is 41.1 Å². The quantitative estimate of drug-likeness (QED) is 0.561. The molecule has 1 amide bonds. The predicted molar refractivity (Wildman–Crippen MR) is 77.6 cm³/mol. The van der Waals surface area contributed by atoms with Crippen molar-refractivity contribution in [1.82, 2.24) is 10.6 Å². The third-order valence-electron chi connectivity index (χ3n) is 2.50. The van der Waals surface area contributed by atoms with Crippen molar-refractivity contribution in [3.05, 3.63) is 0 Å². The molecule has 0 unspecified atom stereocenters. The fraction of sp³-hybridized carbons (Fsp3) is 0.923. The van der Waals surface area contributed by atoms with Crippen LogP contribution in [-0.2, 0) is 4.79 Å². The van der Waals surface area contributed by atoms with Crippen molar-refractivity contribution in [2.45, 2.75) is 52.0 Å². The lowest BCUT2D eigenvalue weighted by Gasteiger charge is -2.08. The molecule has 0 aliphatic rings. The van der Waals surface area contributed by atoms with E-state index in [9.17, 15) is 4.79 Å². The van der Waals surface area contributed by atoms with Gasteiger partial charge in [0, 0.05) is 25.6 Å². The fourth-order valence-corrected chi connectivity index (χ4v) is 2.01. The van der Waals surface area contributed by atoms with Crippen LogP contribution < -0.4 is 10.6 Å². The summed E-state index contributed by atoms with van der Waals surface area (Å²) in [6, 6.07) is 0.458. The zero-order valence-corrected chi connectivity index (χ0v) is 12.4. The molecule has 0 heterocycles. The maximum absolute atomic E-state index is 11.4. The molecule has 17 heavy (non-hydrogen) atoms. The van der Waals surface area contributed by atoms with Gasteiger partial charge in [-0.05, 0) is 24.9 Å². The van der Waals surface area contributed by atoms with Crippen LogP contribution in [0.4, 0.5) is 0 Å². The number of hydrogen-bond donors (Lipinski definition) is 2. The van der Waals surface area contributed by atoms with E-state index in [2.05, 4.69) is 30.7 Å². The summed E-state index contributed by atoms with van der Waals surface area (Å²) in [5.41, 5.74) is 0. The number of carbonyl (C=O) groups excluding carboxylic acids is 1. The van der Waals surface area contributed by atoms with Crippen molar-refractivity contribution >= 4 is 17.7 Å². The van der Waals surface area contributed by atoms with Crippen LogP contribution in [0.5, 0.6) is 0 Å². The molecule has 0 fully saturated rings. The molecule has 0 atom stereocenters. The number of thioether (sulfide) groups is 1. The number of hydrogen-bond acceptors (Lipinski definition) is 3. The Morgan fingerprint density at radius 3 is 2.47 bits per heavy atom. The minimum absolute atomic E-state index is 0.169. The van der Waals surface area contributed by atoms with Crippen LogP contribution in [0.1, 0.15) is 46.0 Å². The monoisotopic (exact) mass is 260 g/mol. The highest BCUT2D eigenvalue weighted by Gasteiger charge is 2.00. The van der Waals surface area contributed by atoms with Crippen molar-refractivity contribution in [3.8, 4) is 0 Å². The average Bonchev–Trinajstić information content (AvgIpc) is 2.27. The van der Waals surface area contributed by atoms with E-state index in [0.717, 1.165) is 19.5 Å². The van der Waals surface area contributed by atoms with Crippen molar-refractivity contribution < 1.29 is 4.79 Å².